The van der Waals surface area contributed by atoms with Crippen molar-refractivity contribution < 1.29 is 9.53 Å². The molecule has 20 heavy (non-hydrogen) atoms. The number of nitrogens with zero attached hydrogens (tertiary/aromatic N) is 1. The van der Waals surface area contributed by atoms with Gasteiger partial charge in [-0.3, -0.25) is 0 Å². The predicted molar refractivity (Wildman–Crippen MR) is 82.1 cm³/mol. The van der Waals surface area contributed by atoms with Crippen molar-refractivity contribution in [2.75, 3.05) is 0 Å². The summed E-state index contributed by atoms with van der Waals surface area (Å²) in [6, 6.07) is 0.109. The van der Waals surface area contributed by atoms with Crippen LogP contribution in [0.25, 0.3) is 0 Å². The summed E-state index contributed by atoms with van der Waals surface area (Å²) in [5.41, 5.74) is -0.490. The van der Waals surface area contributed by atoms with Crippen LogP contribution in [0.2, 0.25) is 0 Å². The van der Waals surface area contributed by atoms with E-state index >= 15 is 0 Å². The molecule has 1 rings (SSSR count). The highest BCUT2D eigenvalue weighted by Gasteiger charge is 2.28. The number of ether oxygens (including phenoxy) is 1. The minimum absolute atomic E-state index is 0.109. The van der Waals surface area contributed by atoms with E-state index in [1.165, 1.54) is 37.1 Å². The van der Waals surface area contributed by atoms with Crippen LogP contribution in [0.3, 0.4) is 0 Å². The van der Waals surface area contributed by atoms with E-state index in [0.717, 1.165) is 19.3 Å². The molecule has 0 spiro atoms. The number of carbonyl (C=O) groups excluding carboxylic acids is 1. The summed E-state index contributed by atoms with van der Waals surface area (Å²) in [7, 11) is 0. The maximum atomic E-state index is 12.1. The summed E-state index contributed by atoms with van der Waals surface area (Å²) in [6.45, 7) is 7.74. The van der Waals surface area contributed by atoms with Crippen molar-refractivity contribution in [1.29, 1.82) is 0 Å². The third-order valence-corrected chi connectivity index (χ3v) is 3.95. The van der Waals surface area contributed by atoms with Gasteiger partial charge in [0.05, 0.1) is 6.04 Å². The lowest BCUT2D eigenvalue weighted by atomic mass is 9.84. The topological polar surface area (TPSA) is 55.6 Å². The summed E-state index contributed by atoms with van der Waals surface area (Å²) in [5.74, 6) is 6.75. The fraction of sp³-hybridized carbons (Fsp3) is 0.938. The maximum Gasteiger partial charge on any atom is 0.424 e. The summed E-state index contributed by atoms with van der Waals surface area (Å²) >= 11 is 0. The van der Waals surface area contributed by atoms with Crippen molar-refractivity contribution in [2.24, 2.45) is 11.8 Å². The lowest BCUT2D eigenvalue weighted by molar-refractivity contribution is 0.0115. The Morgan fingerprint density at radius 2 is 1.90 bits per heavy atom. The van der Waals surface area contributed by atoms with Crippen LogP contribution in [0.5, 0.6) is 0 Å². The third kappa shape index (κ3) is 6.12. The summed E-state index contributed by atoms with van der Waals surface area (Å²) < 4.78 is 5.38. The fourth-order valence-electron chi connectivity index (χ4n) is 2.98. The Kier molecular flexibility index (Phi) is 6.80. The average molecular weight is 284 g/mol. The van der Waals surface area contributed by atoms with Gasteiger partial charge in [0.25, 0.3) is 0 Å². The minimum Gasteiger partial charge on any atom is -0.443 e. The van der Waals surface area contributed by atoms with Crippen molar-refractivity contribution in [1.82, 2.24) is 5.01 Å². The van der Waals surface area contributed by atoms with Gasteiger partial charge in [-0.05, 0) is 39.5 Å². The van der Waals surface area contributed by atoms with Crippen LogP contribution in [0.4, 0.5) is 4.79 Å². The van der Waals surface area contributed by atoms with Crippen molar-refractivity contribution in [3.8, 4) is 0 Å². The first-order chi connectivity index (χ1) is 9.33. The molecule has 1 aliphatic rings. The first kappa shape index (κ1) is 17.3. The van der Waals surface area contributed by atoms with Gasteiger partial charge >= 0.3 is 6.09 Å². The Bertz CT molecular complexity index is 293. The second-order valence-corrected chi connectivity index (χ2v) is 7.07. The highest BCUT2D eigenvalue weighted by atomic mass is 16.6. The van der Waals surface area contributed by atoms with E-state index in [1.807, 2.05) is 20.8 Å². The van der Waals surface area contributed by atoms with E-state index in [1.54, 1.807) is 0 Å². The molecule has 1 saturated carbocycles. The molecule has 1 amide bonds. The van der Waals surface area contributed by atoms with Crippen LogP contribution in [-0.2, 0) is 4.74 Å². The zero-order chi connectivity index (χ0) is 15.2. The van der Waals surface area contributed by atoms with Gasteiger partial charge in [0.2, 0.25) is 0 Å². The zero-order valence-electron chi connectivity index (χ0n) is 13.7. The van der Waals surface area contributed by atoms with Crippen LogP contribution in [0.15, 0.2) is 0 Å². The highest BCUT2D eigenvalue weighted by Crippen LogP contribution is 2.29. The molecule has 0 aromatic carbocycles. The number of amides is 1. The Balaban J connectivity index is 2.56. The van der Waals surface area contributed by atoms with Gasteiger partial charge in [-0.25, -0.2) is 15.6 Å². The van der Waals surface area contributed by atoms with Gasteiger partial charge in [-0.15, -0.1) is 0 Å². The molecule has 2 N–H and O–H groups in total. The predicted octanol–water partition coefficient (Wildman–Crippen LogP) is 4.24. The summed E-state index contributed by atoms with van der Waals surface area (Å²) in [4.78, 5) is 12.1. The molecule has 4 heteroatoms. The number of nitrogens with two attached hydrogens (primary N) is 1. The van der Waals surface area contributed by atoms with Gasteiger partial charge in [-0.1, -0.05) is 45.4 Å². The highest BCUT2D eigenvalue weighted by molar-refractivity contribution is 5.67. The molecule has 0 aromatic rings. The molecule has 0 aromatic heterocycles. The monoisotopic (exact) mass is 284 g/mol. The number of hydrazine groups is 1. The third-order valence-electron chi connectivity index (χ3n) is 3.95. The molecule has 1 aliphatic carbocycles. The first-order valence-corrected chi connectivity index (χ1v) is 8.10. The second-order valence-electron chi connectivity index (χ2n) is 7.07. The van der Waals surface area contributed by atoms with Gasteiger partial charge < -0.3 is 4.74 Å². The van der Waals surface area contributed by atoms with Crippen LogP contribution >= 0.6 is 0 Å². The molecule has 4 nitrogen and oxygen atoms in total. The van der Waals surface area contributed by atoms with Crippen molar-refractivity contribution in [3.05, 3.63) is 0 Å². The molecule has 1 fully saturated rings. The number of rotatable bonds is 5. The van der Waals surface area contributed by atoms with E-state index in [4.69, 9.17) is 10.6 Å². The van der Waals surface area contributed by atoms with E-state index < -0.39 is 11.7 Å². The van der Waals surface area contributed by atoms with E-state index in [-0.39, 0.29) is 6.04 Å². The lowest BCUT2D eigenvalue weighted by Gasteiger charge is -2.33. The van der Waals surface area contributed by atoms with Crippen LogP contribution in [0.1, 0.15) is 79.1 Å². The van der Waals surface area contributed by atoms with Crippen molar-refractivity contribution >= 4 is 6.09 Å². The molecular weight excluding hydrogens is 252 g/mol. The molecule has 0 radical (unpaired) electrons. The lowest BCUT2D eigenvalue weighted by Crippen LogP contribution is -2.48. The first-order valence-electron chi connectivity index (χ1n) is 8.10. The SMILES string of the molecule is CCCC(CC1CCCCC1)N(N)C(=O)OC(C)(C)C. The smallest absolute Gasteiger partial charge is 0.424 e. The van der Waals surface area contributed by atoms with Crippen LogP contribution in [-0.4, -0.2) is 22.7 Å². The molecule has 1 unspecified atom stereocenters. The standard InChI is InChI=1S/C16H32N2O2/c1-5-9-14(12-13-10-7-6-8-11-13)18(17)15(19)20-16(2,3)4/h13-14H,5-12,17H2,1-4H3. The molecule has 0 heterocycles. The summed E-state index contributed by atoms with van der Waals surface area (Å²) in [6.07, 6.45) is 9.16. The van der Waals surface area contributed by atoms with Crippen molar-refractivity contribution in [3.63, 3.8) is 0 Å². The maximum absolute atomic E-state index is 12.1. The van der Waals surface area contributed by atoms with E-state index in [0.29, 0.717) is 5.92 Å². The Morgan fingerprint density at radius 1 is 1.30 bits per heavy atom. The van der Waals surface area contributed by atoms with Gasteiger partial charge in [0.1, 0.15) is 5.60 Å². The number of carbonyl (C=O) groups is 1. The Labute approximate surface area is 124 Å². The molecule has 0 saturated heterocycles. The molecule has 1 atom stereocenters. The molecule has 0 aliphatic heterocycles. The quantitative estimate of drug-likeness (QED) is 0.467. The molecular formula is C16H32N2O2. The summed E-state index contributed by atoms with van der Waals surface area (Å²) in [5, 5.41) is 1.34. The second kappa shape index (κ2) is 7.87. The molecule has 118 valence electrons. The fourth-order valence-corrected chi connectivity index (χ4v) is 2.98. The average Bonchev–Trinajstić information content (AvgIpc) is 2.36. The minimum atomic E-state index is -0.490. The van der Waals surface area contributed by atoms with Crippen LogP contribution < -0.4 is 5.84 Å². The van der Waals surface area contributed by atoms with E-state index in [9.17, 15) is 4.79 Å². The van der Waals surface area contributed by atoms with Crippen molar-refractivity contribution in [2.45, 2.75) is 90.7 Å². The van der Waals surface area contributed by atoms with Crippen LogP contribution in [0, 0.1) is 5.92 Å². The van der Waals surface area contributed by atoms with Gasteiger partial charge in [0, 0.05) is 0 Å². The largest absolute Gasteiger partial charge is 0.443 e. The molecule has 0 bridgehead atoms. The van der Waals surface area contributed by atoms with Gasteiger partial charge in [0.15, 0.2) is 0 Å². The number of hydrogen-bond donors (Lipinski definition) is 1. The Morgan fingerprint density at radius 3 is 2.40 bits per heavy atom. The number of hydrogen-bond acceptors (Lipinski definition) is 3. The Hall–Kier alpha value is -0.770. The van der Waals surface area contributed by atoms with Gasteiger partial charge in [-0.2, -0.15) is 0 Å². The van der Waals surface area contributed by atoms with E-state index in [2.05, 4.69) is 6.92 Å². The zero-order valence-corrected chi connectivity index (χ0v) is 13.7. The normalized spacial score (nSPS) is 18.6.